The largest absolute Gasteiger partial charge is 0.508 e. The number of nitrogens with one attached hydrogen (secondary N) is 1. The summed E-state index contributed by atoms with van der Waals surface area (Å²) in [4.78, 5) is 16.7. The van der Waals surface area contributed by atoms with Crippen LogP contribution in [-0.2, 0) is 6.42 Å². The van der Waals surface area contributed by atoms with Gasteiger partial charge in [0, 0.05) is 17.1 Å². The van der Waals surface area contributed by atoms with Crippen LogP contribution in [0.15, 0.2) is 47.0 Å². The van der Waals surface area contributed by atoms with Gasteiger partial charge < -0.3 is 19.7 Å². The summed E-state index contributed by atoms with van der Waals surface area (Å²) in [6.45, 7) is 4.53. The second-order valence-corrected chi connectivity index (χ2v) is 7.72. The summed E-state index contributed by atoms with van der Waals surface area (Å²) in [6, 6.07) is 10.5. The average Bonchev–Trinajstić information content (AvgIpc) is 3.23. The zero-order valence-corrected chi connectivity index (χ0v) is 19.1. The van der Waals surface area contributed by atoms with Gasteiger partial charge in [0.15, 0.2) is 0 Å². The zero-order valence-electron chi connectivity index (χ0n) is 18.3. The Morgan fingerprint density at radius 2 is 2.09 bits per heavy atom. The maximum Gasteiger partial charge on any atom is 0.292 e. The number of carbonyl (C=O) groups is 1. The molecule has 0 bridgehead atoms. The number of methoxy groups -OCH3 is 1. The van der Waals surface area contributed by atoms with Crippen molar-refractivity contribution in [3.8, 4) is 11.5 Å². The van der Waals surface area contributed by atoms with Crippen LogP contribution in [0.25, 0.3) is 5.57 Å². The van der Waals surface area contributed by atoms with Gasteiger partial charge >= 0.3 is 0 Å². The van der Waals surface area contributed by atoms with Crippen LogP contribution in [0, 0.1) is 6.92 Å². The molecule has 0 radical (unpaired) electrons. The highest BCUT2D eigenvalue weighted by Crippen LogP contribution is 2.26. The lowest BCUT2D eigenvalue weighted by atomic mass is 9.97. The van der Waals surface area contributed by atoms with Gasteiger partial charge in [-0.2, -0.15) is 4.98 Å². The van der Waals surface area contributed by atoms with Gasteiger partial charge in [-0.3, -0.25) is 4.79 Å². The van der Waals surface area contributed by atoms with Crippen molar-refractivity contribution in [2.75, 3.05) is 13.7 Å². The fourth-order valence-corrected chi connectivity index (χ4v) is 3.58. The van der Waals surface area contributed by atoms with Gasteiger partial charge in [-0.15, -0.1) is 0 Å². The summed E-state index contributed by atoms with van der Waals surface area (Å²) in [5, 5.41) is 17.0. The number of phenols is 1. The minimum Gasteiger partial charge on any atom is -0.508 e. The van der Waals surface area contributed by atoms with E-state index in [1.54, 1.807) is 12.1 Å². The van der Waals surface area contributed by atoms with Gasteiger partial charge in [0.05, 0.1) is 13.5 Å². The number of halogens is 1. The number of hydrogen-bond donors (Lipinski definition) is 2. The zero-order chi connectivity index (χ0) is 23.1. The minimum absolute atomic E-state index is 0.0425. The Balaban J connectivity index is 1.62. The molecule has 8 heteroatoms. The first-order valence-electron chi connectivity index (χ1n) is 10.3. The van der Waals surface area contributed by atoms with E-state index in [-0.39, 0.29) is 23.9 Å². The first-order valence-corrected chi connectivity index (χ1v) is 10.7. The van der Waals surface area contributed by atoms with E-state index in [0.29, 0.717) is 29.3 Å². The normalized spacial score (nSPS) is 11.4. The molecule has 1 heterocycles. The quantitative estimate of drug-likeness (QED) is 0.473. The lowest BCUT2D eigenvalue weighted by molar-refractivity contribution is 0.0941. The van der Waals surface area contributed by atoms with Gasteiger partial charge in [0.1, 0.15) is 11.5 Å². The Morgan fingerprint density at radius 1 is 1.28 bits per heavy atom. The molecule has 168 valence electrons. The first kappa shape index (κ1) is 23.3. The Labute approximate surface area is 192 Å². The predicted octanol–water partition coefficient (Wildman–Crippen LogP) is 4.95. The van der Waals surface area contributed by atoms with Crippen molar-refractivity contribution < 1.29 is 19.2 Å². The molecule has 0 fully saturated rings. The fourth-order valence-electron chi connectivity index (χ4n) is 3.41. The Hall–Kier alpha value is -3.32. The second kappa shape index (κ2) is 10.8. The van der Waals surface area contributed by atoms with Crippen molar-refractivity contribution in [1.29, 1.82) is 0 Å². The number of benzene rings is 2. The number of aryl methyl sites for hydroxylation is 1. The standard InChI is InChI=1S/C24H26ClN3O4/c1-4-5-16(20-14-18(25)7-6-15(20)2)10-11-26-24(30)23-27-22(32-28-23)13-17-12-19(29)8-9-21(17)31-3/h5-9,12,14,29H,4,10-11,13H2,1-3H3,(H,26,30). The number of phenolic OH excluding ortho intramolecular Hbond substituents is 1. The van der Waals surface area contributed by atoms with E-state index < -0.39 is 5.91 Å². The Bertz CT molecular complexity index is 1120. The topological polar surface area (TPSA) is 97.5 Å². The van der Waals surface area contributed by atoms with Gasteiger partial charge in [0.25, 0.3) is 11.7 Å². The molecule has 32 heavy (non-hydrogen) atoms. The Kier molecular flexibility index (Phi) is 7.89. The first-order chi connectivity index (χ1) is 15.4. The smallest absolute Gasteiger partial charge is 0.292 e. The summed E-state index contributed by atoms with van der Waals surface area (Å²) in [6.07, 6.45) is 3.89. The lowest BCUT2D eigenvalue weighted by Crippen LogP contribution is -2.25. The van der Waals surface area contributed by atoms with Crippen LogP contribution < -0.4 is 10.1 Å². The molecule has 3 aromatic rings. The number of aromatic hydroxyl groups is 1. The van der Waals surface area contributed by atoms with Gasteiger partial charge in [0.2, 0.25) is 5.89 Å². The second-order valence-electron chi connectivity index (χ2n) is 7.29. The Morgan fingerprint density at radius 3 is 2.84 bits per heavy atom. The number of amides is 1. The number of allylic oxidation sites excluding steroid dienone is 1. The number of rotatable bonds is 9. The summed E-state index contributed by atoms with van der Waals surface area (Å²) in [7, 11) is 1.54. The van der Waals surface area contributed by atoms with Crippen molar-refractivity contribution in [2.24, 2.45) is 0 Å². The van der Waals surface area contributed by atoms with Crippen LogP contribution in [0.5, 0.6) is 11.5 Å². The predicted molar refractivity (Wildman–Crippen MR) is 123 cm³/mol. The number of hydrogen-bond acceptors (Lipinski definition) is 6. The fraction of sp³-hybridized carbons (Fsp3) is 0.292. The molecular weight excluding hydrogens is 430 g/mol. The van der Waals surface area contributed by atoms with Crippen molar-refractivity contribution in [3.05, 3.63) is 75.9 Å². The summed E-state index contributed by atoms with van der Waals surface area (Å²) in [5.41, 5.74) is 4.01. The van der Waals surface area contributed by atoms with E-state index in [0.717, 1.165) is 23.1 Å². The monoisotopic (exact) mass is 455 g/mol. The molecule has 0 aliphatic rings. The number of aromatic nitrogens is 2. The molecule has 0 aliphatic carbocycles. The van der Waals surface area contributed by atoms with Crippen molar-refractivity contribution in [2.45, 2.75) is 33.1 Å². The summed E-state index contributed by atoms with van der Waals surface area (Å²) < 4.78 is 10.5. The van der Waals surface area contributed by atoms with Crippen LogP contribution in [0.2, 0.25) is 5.02 Å². The van der Waals surface area contributed by atoms with E-state index >= 15 is 0 Å². The van der Waals surface area contributed by atoms with Gasteiger partial charge in [-0.25, -0.2) is 0 Å². The highest BCUT2D eigenvalue weighted by atomic mass is 35.5. The molecule has 0 saturated heterocycles. The van der Waals surface area contributed by atoms with Crippen LogP contribution in [-0.4, -0.2) is 34.8 Å². The summed E-state index contributed by atoms with van der Waals surface area (Å²) in [5.74, 6) is 0.475. The van der Waals surface area contributed by atoms with Crippen LogP contribution in [0.4, 0.5) is 0 Å². The number of ether oxygens (including phenoxy) is 1. The van der Waals surface area contributed by atoms with E-state index in [1.807, 2.05) is 25.1 Å². The van der Waals surface area contributed by atoms with E-state index in [2.05, 4.69) is 28.5 Å². The molecular formula is C24H26ClN3O4. The molecule has 1 amide bonds. The highest BCUT2D eigenvalue weighted by Gasteiger charge is 2.17. The molecule has 3 rings (SSSR count). The van der Waals surface area contributed by atoms with Crippen molar-refractivity contribution >= 4 is 23.1 Å². The maximum absolute atomic E-state index is 12.5. The molecule has 2 aromatic carbocycles. The molecule has 0 aliphatic heterocycles. The number of carbonyl (C=O) groups excluding carboxylic acids is 1. The highest BCUT2D eigenvalue weighted by molar-refractivity contribution is 6.30. The maximum atomic E-state index is 12.5. The van der Waals surface area contributed by atoms with Crippen LogP contribution in [0.3, 0.4) is 0 Å². The third-order valence-electron chi connectivity index (χ3n) is 4.95. The van der Waals surface area contributed by atoms with Gasteiger partial charge in [-0.1, -0.05) is 35.8 Å². The molecule has 2 N–H and O–H groups in total. The van der Waals surface area contributed by atoms with E-state index in [4.69, 9.17) is 20.9 Å². The van der Waals surface area contributed by atoms with Gasteiger partial charge in [-0.05, 0) is 66.8 Å². The SMILES string of the molecule is CCC=C(CCNC(=O)c1noc(Cc2cc(O)ccc2OC)n1)c1cc(Cl)ccc1C. The van der Waals surface area contributed by atoms with E-state index in [1.165, 1.54) is 13.2 Å². The molecule has 0 unspecified atom stereocenters. The molecule has 0 atom stereocenters. The summed E-state index contributed by atoms with van der Waals surface area (Å²) >= 11 is 6.17. The third-order valence-corrected chi connectivity index (χ3v) is 5.19. The van der Waals surface area contributed by atoms with E-state index in [9.17, 15) is 9.90 Å². The molecule has 7 nitrogen and oxygen atoms in total. The van der Waals surface area contributed by atoms with Crippen LogP contribution in [0.1, 0.15) is 53.0 Å². The average molecular weight is 456 g/mol. The lowest BCUT2D eigenvalue weighted by Gasteiger charge is -2.12. The molecule has 1 aromatic heterocycles. The molecule has 0 saturated carbocycles. The minimum atomic E-state index is -0.415. The third kappa shape index (κ3) is 5.88. The van der Waals surface area contributed by atoms with Crippen molar-refractivity contribution in [3.63, 3.8) is 0 Å². The molecule has 0 spiro atoms. The van der Waals surface area contributed by atoms with Crippen LogP contribution >= 0.6 is 11.6 Å². The number of nitrogens with zero attached hydrogens (tertiary/aromatic N) is 2. The van der Waals surface area contributed by atoms with Crippen molar-refractivity contribution in [1.82, 2.24) is 15.5 Å².